The van der Waals surface area contributed by atoms with Crippen LogP contribution in [0.3, 0.4) is 0 Å². The third kappa shape index (κ3) is 3.99. The van der Waals surface area contributed by atoms with Crippen LogP contribution in [0.25, 0.3) is 0 Å². The molecule has 0 fully saturated rings. The number of halogens is 1. The average molecular weight is 314 g/mol. The zero-order valence-corrected chi connectivity index (χ0v) is 12.2. The number of hydrogen-bond acceptors (Lipinski definition) is 5. The minimum absolute atomic E-state index is 0.000677. The molecule has 0 radical (unpaired) electrons. The quantitative estimate of drug-likeness (QED) is 0.739. The van der Waals surface area contributed by atoms with Gasteiger partial charge in [0.1, 0.15) is 12.2 Å². The van der Waals surface area contributed by atoms with Crippen LogP contribution in [-0.2, 0) is 16.4 Å². The first-order valence-corrected chi connectivity index (χ1v) is 7.68. The lowest BCUT2D eigenvalue weighted by Crippen LogP contribution is -2.25. The molecule has 2 rings (SSSR count). The smallest absolute Gasteiger partial charge is 0.240 e. The largest absolute Gasteiger partial charge is 0.494 e. The number of aromatic nitrogens is 3. The number of hydrogen-bond donors (Lipinski definition) is 2. The topological polar surface area (TPSA) is 97.0 Å². The van der Waals surface area contributed by atoms with Gasteiger partial charge in [0.2, 0.25) is 10.0 Å². The first-order chi connectivity index (χ1) is 10.0. The van der Waals surface area contributed by atoms with E-state index in [1.807, 2.05) is 0 Å². The van der Waals surface area contributed by atoms with Crippen LogP contribution in [0.4, 0.5) is 4.39 Å². The van der Waals surface area contributed by atoms with Gasteiger partial charge in [-0.15, -0.1) is 0 Å². The molecule has 1 aromatic carbocycles. The molecule has 1 heterocycles. The Kier molecular flexibility index (Phi) is 4.86. The van der Waals surface area contributed by atoms with Gasteiger partial charge in [0, 0.05) is 13.0 Å². The molecule has 0 unspecified atom stereocenters. The fraction of sp³-hybridized carbons (Fsp3) is 0.333. The minimum Gasteiger partial charge on any atom is -0.494 e. The number of H-pyrrole nitrogens is 1. The second-order valence-corrected chi connectivity index (χ2v) is 6.00. The summed E-state index contributed by atoms with van der Waals surface area (Å²) in [6.45, 7) is 0.219. The lowest BCUT2D eigenvalue weighted by atomic mass is 10.3. The van der Waals surface area contributed by atoms with Crippen molar-refractivity contribution >= 4 is 10.0 Å². The van der Waals surface area contributed by atoms with Gasteiger partial charge in [-0.2, -0.15) is 5.10 Å². The first kappa shape index (κ1) is 15.4. The van der Waals surface area contributed by atoms with E-state index < -0.39 is 15.8 Å². The third-order valence-corrected chi connectivity index (χ3v) is 4.24. The van der Waals surface area contributed by atoms with Gasteiger partial charge >= 0.3 is 0 Å². The molecular formula is C12H15FN4O3S. The van der Waals surface area contributed by atoms with Gasteiger partial charge in [-0.25, -0.2) is 22.5 Å². The Labute approximate surface area is 121 Å². The summed E-state index contributed by atoms with van der Waals surface area (Å²) in [5, 5.41) is 6.38. The zero-order valence-electron chi connectivity index (χ0n) is 11.3. The van der Waals surface area contributed by atoms with E-state index in [9.17, 15) is 12.8 Å². The van der Waals surface area contributed by atoms with Crippen LogP contribution < -0.4 is 9.46 Å². The summed E-state index contributed by atoms with van der Waals surface area (Å²) in [5.74, 6) is -0.0361. The maximum atomic E-state index is 13.5. The van der Waals surface area contributed by atoms with Crippen LogP contribution in [0.15, 0.2) is 29.4 Å². The van der Waals surface area contributed by atoms with Crippen molar-refractivity contribution in [1.82, 2.24) is 19.9 Å². The van der Waals surface area contributed by atoms with Gasteiger partial charge in [-0.05, 0) is 24.6 Å². The highest BCUT2D eigenvalue weighted by atomic mass is 32.2. The van der Waals surface area contributed by atoms with Crippen molar-refractivity contribution in [2.75, 3.05) is 13.7 Å². The molecule has 2 N–H and O–H groups in total. The predicted molar refractivity (Wildman–Crippen MR) is 72.8 cm³/mol. The van der Waals surface area contributed by atoms with Crippen LogP contribution >= 0.6 is 0 Å². The SMILES string of the molecule is COc1ccc(S(=O)(=O)NCCCc2ncn[nH]2)cc1F. The van der Waals surface area contributed by atoms with Crippen molar-refractivity contribution in [3.8, 4) is 5.75 Å². The number of sulfonamides is 1. The van der Waals surface area contributed by atoms with Crippen molar-refractivity contribution < 1.29 is 17.5 Å². The lowest BCUT2D eigenvalue weighted by Gasteiger charge is -2.08. The summed E-state index contributed by atoms with van der Waals surface area (Å²) in [7, 11) is -2.43. The second-order valence-electron chi connectivity index (χ2n) is 4.23. The maximum Gasteiger partial charge on any atom is 0.240 e. The number of ether oxygens (including phenoxy) is 1. The summed E-state index contributed by atoms with van der Waals surface area (Å²) >= 11 is 0. The van der Waals surface area contributed by atoms with Gasteiger partial charge in [-0.1, -0.05) is 0 Å². The molecule has 0 bridgehead atoms. The monoisotopic (exact) mass is 314 g/mol. The number of nitrogens with one attached hydrogen (secondary N) is 2. The predicted octanol–water partition coefficient (Wildman–Crippen LogP) is 0.863. The zero-order chi connectivity index (χ0) is 15.3. The van der Waals surface area contributed by atoms with E-state index in [2.05, 4.69) is 19.9 Å². The van der Waals surface area contributed by atoms with E-state index >= 15 is 0 Å². The maximum absolute atomic E-state index is 13.5. The summed E-state index contributed by atoms with van der Waals surface area (Å²) < 4.78 is 44.7. The van der Waals surface area contributed by atoms with Gasteiger partial charge in [-0.3, -0.25) is 5.10 Å². The molecule has 7 nitrogen and oxygen atoms in total. The molecule has 0 aliphatic rings. The van der Waals surface area contributed by atoms with E-state index in [1.54, 1.807) is 0 Å². The van der Waals surface area contributed by atoms with Crippen molar-refractivity contribution in [2.24, 2.45) is 0 Å². The fourth-order valence-electron chi connectivity index (χ4n) is 1.71. The fourth-order valence-corrected chi connectivity index (χ4v) is 2.80. The molecule has 0 amide bonds. The Balaban J connectivity index is 1.93. The summed E-state index contributed by atoms with van der Waals surface area (Å²) in [6.07, 6.45) is 2.51. The van der Waals surface area contributed by atoms with Crippen LogP contribution in [0.5, 0.6) is 5.75 Å². The Morgan fingerprint density at radius 3 is 2.86 bits per heavy atom. The summed E-state index contributed by atoms with van der Waals surface area (Å²) in [6, 6.07) is 3.50. The van der Waals surface area contributed by atoms with Gasteiger partial charge in [0.25, 0.3) is 0 Å². The highest BCUT2D eigenvalue weighted by Crippen LogP contribution is 2.20. The molecule has 9 heteroatoms. The number of aromatic amines is 1. The Bertz CT molecular complexity index is 689. The molecule has 0 spiro atoms. The molecule has 0 saturated heterocycles. The molecule has 2 aromatic rings. The van der Waals surface area contributed by atoms with Crippen LogP contribution in [0.1, 0.15) is 12.2 Å². The van der Waals surface area contributed by atoms with Gasteiger partial charge < -0.3 is 4.74 Å². The summed E-state index contributed by atoms with van der Waals surface area (Å²) in [4.78, 5) is 3.79. The van der Waals surface area contributed by atoms with Crippen LogP contribution in [0.2, 0.25) is 0 Å². The highest BCUT2D eigenvalue weighted by Gasteiger charge is 2.16. The van der Waals surface area contributed by atoms with E-state index in [-0.39, 0.29) is 17.2 Å². The van der Waals surface area contributed by atoms with Crippen molar-refractivity contribution in [1.29, 1.82) is 0 Å². The van der Waals surface area contributed by atoms with Crippen LogP contribution in [-0.4, -0.2) is 37.3 Å². The Hall–Kier alpha value is -2.00. The molecule has 1 aromatic heterocycles. The minimum atomic E-state index is -3.74. The Morgan fingerprint density at radius 2 is 2.24 bits per heavy atom. The number of nitrogens with zero attached hydrogens (tertiary/aromatic N) is 2. The molecule has 0 saturated carbocycles. The molecule has 0 aliphatic carbocycles. The second kappa shape index (κ2) is 6.64. The highest BCUT2D eigenvalue weighted by molar-refractivity contribution is 7.89. The van der Waals surface area contributed by atoms with Crippen molar-refractivity contribution in [3.05, 3.63) is 36.2 Å². The summed E-state index contributed by atoms with van der Waals surface area (Å²) in [5.41, 5.74) is 0. The van der Waals surface area contributed by atoms with E-state index in [4.69, 9.17) is 4.74 Å². The molecular weight excluding hydrogens is 299 g/mol. The molecule has 114 valence electrons. The van der Waals surface area contributed by atoms with Crippen LogP contribution in [0, 0.1) is 5.82 Å². The van der Waals surface area contributed by atoms with Gasteiger partial charge in [0.15, 0.2) is 11.6 Å². The standard InChI is InChI=1S/C12H15FN4O3S/c1-20-11-5-4-9(7-10(11)13)21(18,19)16-6-2-3-12-14-8-15-17-12/h4-5,7-8,16H,2-3,6H2,1H3,(H,14,15,17). The molecule has 0 atom stereocenters. The average Bonchev–Trinajstić information content (AvgIpc) is 2.97. The number of benzene rings is 1. The normalized spacial score (nSPS) is 11.5. The number of rotatable bonds is 7. The number of methoxy groups -OCH3 is 1. The van der Waals surface area contributed by atoms with E-state index in [0.717, 1.165) is 6.07 Å². The molecule has 0 aliphatic heterocycles. The number of aryl methyl sites for hydroxylation is 1. The lowest BCUT2D eigenvalue weighted by molar-refractivity contribution is 0.385. The van der Waals surface area contributed by atoms with E-state index in [0.29, 0.717) is 18.7 Å². The van der Waals surface area contributed by atoms with Crippen molar-refractivity contribution in [2.45, 2.75) is 17.7 Å². The third-order valence-electron chi connectivity index (χ3n) is 2.78. The van der Waals surface area contributed by atoms with Crippen molar-refractivity contribution in [3.63, 3.8) is 0 Å². The first-order valence-electron chi connectivity index (χ1n) is 6.20. The Morgan fingerprint density at radius 1 is 1.43 bits per heavy atom. The molecule has 21 heavy (non-hydrogen) atoms. The van der Waals surface area contributed by atoms with Gasteiger partial charge in [0.05, 0.1) is 12.0 Å². The van der Waals surface area contributed by atoms with E-state index in [1.165, 1.54) is 25.6 Å².